The van der Waals surface area contributed by atoms with Crippen LogP contribution < -0.4 is 0 Å². The van der Waals surface area contributed by atoms with Gasteiger partial charge < -0.3 is 20.4 Å². The number of aliphatic hydroxyl groups excluding tert-OH is 2. The van der Waals surface area contributed by atoms with Crippen molar-refractivity contribution in [2.24, 2.45) is 23.2 Å². The minimum atomic E-state index is -1.09. The lowest BCUT2D eigenvalue weighted by Gasteiger charge is -2.51. The Morgan fingerprint density at radius 3 is 2.56 bits per heavy atom. The first-order chi connectivity index (χ1) is 11.5. The van der Waals surface area contributed by atoms with E-state index in [4.69, 9.17) is 0 Å². The molecular formula is C20H32O5. The van der Waals surface area contributed by atoms with E-state index in [0.717, 1.165) is 12.7 Å². The zero-order valence-electron chi connectivity index (χ0n) is 15.5. The summed E-state index contributed by atoms with van der Waals surface area (Å²) in [4.78, 5) is 11.7. The highest BCUT2D eigenvalue weighted by Crippen LogP contribution is 2.57. The van der Waals surface area contributed by atoms with Gasteiger partial charge in [0.25, 0.3) is 0 Å². The third-order valence-corrected chi connectivity index (χ3v) is 6.96. The van der Waals surface area contributed by atoms with Gasteiger partial charge in [-0.2, -0.15) is 0 Å². The van der Waals surface area contributed by atoms with E-state index in [-0.39, 0.29) is 17.3 Å². The van der Waals surface area contributed by atoms with Gasteiger partial charge in [0, 0.05) is 11.8 Å². The summed E-state index contributed by atoms with van der Waals surface area (Å²) in [6.45, 7) is 5.39. The second-order valence-corrected chi connectivity index (χ2v) is 9.62. The Hall–Kier alpha value is -0.750. The summed E-state index contributed by atoms with van der Waals surface area (Å²) in [5, 5.41) is 43.2. The van der Waals surface area contributed by atoms with Crippen molar-refractivity contribution in [3.8, 4) is 0 Å². The van der Waals surface area contributed by atoms with Crippen LogP contribution in [-0.4, -0.2) is 50.1 Å². The first kappa shape index (κ1) is 19.0. The normalized spacial score (nSPS) is 47.5. The maximum Gasteiger partial charge on any atom is 0.146 e. The van der Waals surface area contributed by atoms with Gasteiger partial charge in [-0.25, -0.2) is 0 Å². The lowest BCUT2D eigenvalue weighted by Crippen LogP contribution is -2.56. The number of hydrogen-bond acceptors (Lipinski definition) is 5. The topological polar surface area (TPSA) is 98.0 Å². The number of carbonyl (C=O) groups is 1. The second-order valence-electron chi connectivity index (χ2n) is 9.62. The summed E-state index contributed by atoms with van der Waals surface area (Å²) in [5.74, 6) is -0.983. The van der Waals surface area contributed by atoms with Gasteiger partial charge in [0.05, 0.1) is 23.4 Å². The van der Waals surface area contributed by atoms with Crippen molar-refractivity contribution in [2.45, 2.75) is 82.7 Å². The maximum absolute atomic E-state index is 11.7. The zero-order valence-corrected chi connectivity index (χ0v) is 15.5. The molecule has 142 valence electrons. The Labute approximate surface area is 149 Å². The van der Waals surface area contributed by atoms with Crippen LogP contribution in [0.1, 0.15) is 59.3 Å². The van der Waals surface area contributed by atoms with Gasteiger partial charge in [-0.05, 0) is 69.3 Å². The van der Waals surface area contributed by atoms with Crippen molar-refractivity contribution in [2.75, 3.05) is 0 Å². The molecule has 5 heteroatoms. The van der Waals surface area contributed by atoms with E-state index >= 15 is 0 Å². The Bertz CT molecular complexity index is 565. The van der Waals surface area contributed by atoms with E-state index in [1.807, 2.05) is 6.92 Å². The van der Waals surface area contributed by atoms with Gasteiger partial charge >= 0.3 is 0 Å². The molecule has 4 N–H and O–H groups in total. The van der Waals surface area contributed by atoms with E-state index in [9.17, 15) is 25.2 Å². The smallest absolute Gasteiger partial charge is 0.146 e. The van der Waals surface area contributed by atoms with Crippen molar-refractivity contribution in [1.29, 1.82) is 0 Å². The summed E-state index contributed by atoms with van der Waals surface area (Å²) < 4.78 is 0. The van der Waals surface area contributed by atoms with Gasteiger partial charge in [-0.1, -0.05) is 13.0 Å². The van der Waals surface area contributed by atoms with Crippen LogP contribution in [0.2, 0.25) is 0 Å². The van der Waals surface area contributed by atoms with Gasteiger partial charge in [-0.3, -0.25) is 4.79 Å². The Kier molecular flexibility index (Phi) is 4.68. The molecule has 25 heavy (non-hydrogen) atoms. The lowest BCUT2D eigenvalue weighted by atomic mass is 9.59. The molecule has 0 heterocycles. The van der Waals surface area contributed by atoms with Crippen molar-refractivity contribution in [1.82, 2.24) is 0 Å². The highest BCUT2D eigenvalue weighted by Gasteiger charge is 2.58. The van der Waals surface area contributed by atoms with Crippen LogP contribution in [0.5, 0.6) is 0 Å². The van der Waals surface area contributed by atoms with Crippen LogP contribution in [0.25, 0.3) is 0 Å². The van der Waals surface area contributed by atoms with E-state index in [1.54, 1.807) is 19.9 Å². The van der Waals surface area contributed by atoms with Crippen LogP contribution in [-0.2, 0) is 4.79 Å². The fourth-order valence-corrected chi connectivity index (χ4v) is 5.77. The summed E-state index contributed by atoms with van der Waals surface area (Å²) in [5.41, 5.74) is -1.81. The van der Waals surface area contributed by atoms with Crippen LogP contribution in [0.3, 0.4) is 0 Å². The van der Waals surface area contributed by atoms with Crippen LogP contribution in [0.4, 0.5) is 0 Å². The number of rotatable bonds is 3. The second kappa shape index (κ2) is 6.15. The number of allylic oxidation sites excluding steroid dienone is 1. The average Bonchev–Trinajstić information content (AvgIpc) is 2.59. The third kappa shape index (κ3) is 3.32. The predicted molar refractivity (Wildman–Crippen MR) is 93.7 cm³/mol. The predicted octanol–water partition coefficient (Wildman–Crippen LogP) is 1.57. The minimum Gasteiger partial charge on any atom is -0.393 e. The van der Waals surface area contributed by atoms with E-state index in [0.29, 0.717) is 37.7 Å². The molecule has 2 bridgehead atoms. The lowest BCUT2D eigenvalue weighted by molar-refractivity contribution is -0.160. The number of carbonyl (C=O) groups excluding carboxylic acids is 1. The molecule has 3 aliphatic rings. The fourth-order valence-electron chi connectivity index (χ4n) is 5.77. The number of aliphatic hydroxyl groups is 4. The zero-order chi connectivity index (χ0) is 18.6. The van der Waals surface area contributed by atoms with E-state index < -0.39 is 29.3 Å². The van der Waals surface area contributed by atoms with Gasteiger partial charge in [0.1, 0.15) is 6.29 Å². The van der Waals surface area contributed by atoms with Crippen LogP contribution >= 0.6 is 0 Å². The van der Waals surface area contributed by atoms with Crippen molar-refractivity contribution < 1.29 is 25.2 Å². The molecule has 0 saturated heterocycles. The molecule has 3 rings (SSSR count). The molecule has 5 nitrogen and oxygen atoms in total. The molecule has 2 saturated carbocycles. The Morgan fingerprint density at radius 2 is 1.96 bits per heavy atom. The molecular weight excluding hydrogens is 320 g/mol. The van der Waals surface area contributed by atoms with Gasteiger partial charge in [-0.15, -0.1) is 0 Å². The standard InChI is InChI=1S/C20H32O5/c1-18(2,24)9-12-8-13(10-21)14-4-6-19(3)11-20(25,7-5-15(19)22)16(14)17(12)23/h8,10,12,14-17,22-25H,4-7,9,11H2,1-3H3. The number of aldehydes is 1. The first-order valence-electron chi connectivity index (χ1n) is 9.47. The monoisotopic (exact) mass is 352 g/mol. The highest BCUT2D eigenvalue weighted by atomic mass is 16.3. The summed E-state index contributed by atoms with van der Waals surface area (Å²) in [6, 6.07) is 0. The molecule has 0 amide bonds. The Morgan fingerprint density at radius 1 is 1.28 bits per heavy atom. The van der Waals surface area contributed by atoms with Crippen LogP contribution in [0, 0.1) is 23.2 Å². The Balaban J connectivity index is 2.02. The highest BCUT2D eigenvalue weighted by molar-refractivity contribution is 5.74. The molecule has 0 aromatic heterocycles. The van der Waals surface area contributed by atoms with Crippen molar-refractivity contribution >= 4 is 6.29 Å². The number of hydrogen-bond donors (Lipinski definition) is 4. The molecule has 2 fully saturated rings. The number of fused-ring (bicyclic) bond motifs is 4. The van der Waals surface area contributed by atoms with Crippen molar-refractivity contribution in [3.05, 3.63) is 11.6 Å². The SMILES string of the molecule is CC(C)(O)CC1C=C(C=O)C2CCC3(C)CC(O)(CCC3O)C2C1O. The average molecular weight is 352 g/mol. The molecule has 7 atom stereocenters. The van der Waals surface area contributed by atoms with Gasteiger partial charge in [0.2, 0.25) is 0 Å². The van der Waals surface area contributed by atoms with E-state index in [1.165, 1.54) is 0 Å². The van der Waals surface area contributed by atoms with Gasteiger partial charge in [0.15, 0.2) is 0 Å². The summed E-state index contributed by atoms with van der Waals surface area (Å²) in [6.07, 6.45) is 4.52. The molecule has 0 radical (unpaired) electrons. The molecule has 0 spiro atoms. The summed E-state index contributed by atoms with van der Waals surface area (Å²) in [7, 11) is 0. The largest absolute Gasteiger partial charge is 0.393 e. The quantitative estimate of drug-likeness (QED) is 0.578. The maximum atomic E-state index is 11.7. The molecule has 0 aliphatic heterocycles. The third-order valence-electron chi connectivity index (χ3n) is 6.96. The molecule has 7 unspecified atom stereocenters. The van der Waals surface area contributed by atoms with Crippen molar-refractivity contribution in [3.63, 3.8) is 0 Å². The molecule has 3 aliphatic carbocycles. The minimum absolute atomic E-state index is 0.192. The van der Waals surface area contributed by atoms with E-state index in [2.05, 4.69) is 0 Å². The molecule has 0 aromatic carbocycles. The first-order valence-corrected chi connectivity index (χ1v) is 9.47. The summed E-state index contributed by atoms with van der Waals surface area (Å²) >= 11 is 0. The molecule has 0 aromatic rings. The fraction of sp³-hybridized carbons (Fsp3) is 0.850. The van der Waals surface area contributed by atoms with Crippen LogP contribution in [0.15, 0.2) is 11.6 Å².